The molecule has 2 aromatic heterocycles. The summed E-state index contributed by atoms with van der Waals surface area (Å²) < 4.78 is 2.06. The van der Waals surface area contributed by atoms with Crippen molar-refractivity contribution < 1.29 is 0 Å². The molecule has 3 aromatic rings. The Morgan fingerprint density at radius 1 is 1.12 bits per heavy atom. The van der Waals surface area contributed by atoms with E-state index in [4.69, 9.17) is 16.7 Å². The summed E-state index contributed by atoms with van der Waals surface area (Å²) in [6, 6.07) is 10.3. The molecule has 0 spiro atoms. The molecule has 5 heteroatoms. The normalized spacial score (nSPS) is 25.3. The minimum Gasteiger partial charge on any atom is -0.200 e. The highest BCUT2D eigenvalue weighted by atomic mass is 35.5. The molecule has 2 heterocycles. The van der Waals surface area contributed by atoms with Gasteiger partial charge >= 0.3 is 0 Å². The van der Waals surface area contributed by atoms with Crippen LogP contribution >= 0.6 is 11.6 Å². The Balaban J connectivity index is 1.62. The van der Waals surface area contributed by atoms with E-state index in [1.54, 1.807) is 0 Å². The Kier molecular flexibility index (Phi) is 3.49. The van der Waals surface area contributed by atoms with Gasteiger partial charge in [-0.15, -0.1) is 10.2 Å². The van der Waals surface area contributed by atoms with Crippen molar-refractivity contribution in [1.82, 2.24) is 20.0 Å². The molecular weight excluding hydrogens is 332 g/mol. The summed E-state index contributed by atoms with van der Waals surface area (Å²) in [6.45, 7) is 2.01. The fourth-order valence-electron chi connectivity index (χ4n) is 4.58. The molecule has 0 radical (unpaired) electrons. The van der Waals surface area contributed by atoms with Crippen molar-refractivity contribution in [3.05, 3.63) is 47.5 Å². The molecule has 0 N–H and O–H groups in total. The maximum Gasteiger partial charge on any atom is 0.192 e. The Labute approximate surface area is 152 Å². The summed E-state index contributed by atoms with van der Waals surface area (Å²) in [7, 11) is 0. The number of hydrogen-bond acceptors (Lipinski definition) is 3. The van der Waals surface area contributed by atoms with Crippen LogP contribution in [0.15, 0.2) is 30.3 Å². The van der Waals surface area contributed by atoms with Crippen molar-refractivity contribution in [2.45, 2.75) is 38.6 Å². The lowest BCUT2D eigenvalue weighted by Crippen LogP contribution is -2.21. The summed E-state index contributed by atoms with van der Waals surface area (Å²) in [6.07, 6.45) is 7.65. The minimum atomic E-state index is 0.315. The first-order valence-corrected chi connectivity index (χ1v) is 9.40. The van der Waals surface area contributed by atoms with Crippen molar-refractivity contribution in [2.75, 3.05) is 0 Å². The summed E-state index contributed by atoms with van der Waals surface area (Å²) >= 11 is 6.74. The van der Waals surface area contributed by atoms with Gasteiger partial charge in [0.15, 0.2) is 11.7 Å². The molecule has 2 fully saturated rings. The van der Waals surface area contributed by atoms with E-state index in [1.807, 2.05) is 37.3 Å². The molecule has 2 aliphatic carbocycles. The number of halogens is 1. The predicted molar refractivity (Wildman–Crippen MR) is 99.3 cm³/mol. The van der Waals surface area contributed by atoms with Crippen LogP contribution < -0.4 is 0 Å². The van der Waals surface area contributed by atoms with Crippen molar-refractivity contribution in [2.24, 2.45) is 11.8 Å². The first-order chi connectivity index (χ1) is 12.2. The SMILES string of the molecule is Cc1nn([C@H]2[CH+][C@@H]3CC[C@@H](C3)C2)c2nnc(-c3ccccc3)c(Cl)c12. The molecule has 0 saturated heterocycles. The third kappa shape index (κ3) is 2.43. The standard InChI is InChI=1S/C20H20ClN4/c1-12-17-18(21)19(15-5-3-2-4-6-15)22-23-20(17)25(24-12)16-10-13-7-8-14(9-13)11-16/h2-6,10,13-14,16H,7-9,11H2,1H3/q+1/t13-,14+,16+/m1/s1. The lowest BCUT2D eigenvalue weighted by Gasteiger charge is -2.20. The molecule has 126 valence electrons. The molecule has 0 unspecified atom stereocenters. The van der Waals surface area contributed by atoms with E-state index in [0.717, 1.165) is 46.2 Å². The van der Waals surface area contributed by atoms with Crippen molar-refractivity contribution in [1.29, 1.82) is 0 Å². The summed E-state index contributed by atoms with van der Waals surface area (Å²) in [5.41, 5.74) is 3.45. The zero-order chi connectivity index (χ0) is 17.0. The molecule has 4 nitrogen and oxygen atoms in total. The van der Waals surface area contributed by atoms with Gasteiger partial charge in [-0.1, -0.05) is 41.9 Å². The quantitative estimate of drug-likeness (QED) is 0.609. The van der Waals surface area contributed by atoms with E-state index in [2.05, 4.69) is 21.3 Å². The third-order valence-electron chi connectivity index (χ3n) is 5.74. The molecule has 25 heavy (non-hydrogen) atoms. The molecular formula is C20H20ClN4+. The van der Waals surface area contributed by atoms with Gasteiger partial charge in [-0.2, -0.15) is 5.10 Å². The molecule has 2 saturated carbocycles. The molecule has 0 amide bonds. The predicted octanol–water partition coefficient (Wildman–Crippen LogP) is 5.02. The number of aromatic nitrogens is 4. The first-order valence-electron chi connectivity index (χ1n) is 9.02. The van der Waals surface area contributed by atoms with E-state index >= 15 is 0 Å². The highest BCUT2D eigenvalue weighted by Gasteiger charge is 2.43. The number of nitrogens with zero attached hydrogens (tertiary/aromatic N) is 4. The summed E-state index contributed by atoms with van der Waals surface area (Å²) in [4.78, 5) is 0. The van der Waals surface area contributed by atoms with Gasteiger partial charge in [0.25, 0.3) is 0 Å². The van der Waals surface area contributed by atoms with Crippen LogP contribution in [0, 0.1) is 25.2 Å². The molecule has 1 aromatic carbocycles. The van der Waals surface area contributed by atoms with Crippen LogP contribution in [0.5, 0.6) is 0 Å². The van der Waals surface area contributed by atoms with E-state index in [9.17, 15) is 0 Å². The number of rotatable bonds is 2. The van der Waals surface area contributed by atoms with Crippen molar-refractivity contribution in [3.63, 3.8) is 0 Å². The maximum absolute atomic E-state index is 6.74. The second kappa shape index (κ2) is 5.73. The third-order valence-corrected chi connectivity index (χ3v) is 6.11. The smallest absolute Gasteiger partial charge is 0.192 e. The van der Waals surface area contributed by atoms with Crippen LogP contribution in [0.25, 0.3) is 22.3 Å². The Morgan fingerprint density at radius 2 is 1.96 bits per heavy atom. The molecule has 5 rings (SSSR count). The van der Waals surface area contributed by atoms with Crippen LogP contribution in [0.1, 0.15) is 37.4 Å². The summed E-state index contributed by atoms with van der Waals surface area (Å²) in [5, 5.41) is 15.4. The molecule has 2 aliphatic rings. The van der Waals surface area contributed by atoms with Crippen LogP contribution in [0.3, 0.4) is 0 Å². The Bertz CT molecular complexity index is 922. The van der Waals surface area contributed by atoms with E-state index in [0.29, 0.717) is 11.1 Å². The zero-order valence-corrected chi connectivity index (χ0v) is 14.9. The topological polar surface area (TPSA) is 43.6 Å². The second-order valence-corrected chi connectivity index (χ2v) is 7.77. The maximum atomic E-state index is 6.74. The van der Waals surface area contributed by atoms with Gasteiger partial charge in [-0.25, -0.2) is 4.68 Å². The lowest BCUT2D eigenvalue weighted by molar-refractivity contribution is 0.320. The van der Waals surface area contributed by atoms with Gasteiger partial charge in [0, 0.05) is 12.0 Å². The first kappa shape index (κ1) is 15.2. The zero-order valence-electron chi connectivity index (χ0n) is 14.2. The van der Waals surface area contributed by atoms with Gasteiger partial charge in [-0.3, -0.25) is 0 Å². The molecule has 0 aliphatic heterocycles. The second-order valence-electron chi connectivity index (χ2n) is 7.39. The van der Waals surface area contributed by atoms with Crippen molar-refractivity contribution >= 4 is 22.6 Å². The highest BCUT2D eigenvalue weighted by molar-refractivity contribution is 6.37. The number of benzene rings is 1. The van der Waals surface area contributed by atoms with Gasteiger partial charge in [-0.05, 0) is 32.1 Å². The van der Waals surface area contributed by atoms with Crippen molar-refractivity contribution in [3.8, 4) is 11.3 Å². The number of aryl methyl sites for hydroxylation is 1. The van der Waals surface area contributed by atoms with Gasteiger partial charge in [0.2, 0.25) is 0 Å². The average Bonchev–Trinajstić information content (AvgIpc) is 3.15. The molecule has 2 bridgehead atoms. The Hall–Kier alpha value is -2.07. The fraction of sp³-hybridized carbons (Fsp3) is 0.400. The fourth-order valence-corrected chi connectivity index (χ4v) is 4.95. The van der Waals surface area contributed by atoms with Crippen LogP contribution in [0.2, 0.25) is 5.02 Å². The van der Waals surface area contributed by atoms with Gasteiger partial charge in [0.1, 0.15) is 18.0 Å². The highest BCUT2D eigenvalue weighted by Crippen LogP contribution is 2.46. The van der Waals surface area contributed by atoms with Crippen LogP contribution in [-0.4, -0.2) is 20.0 Å². The minimum absolute atomic E-state index is 0.315. The number of hydrogen-bond donors (Lipinski definition) is 0. The largest absolute Gasteiger partial charge is 0.200 e. The monoisotopic (exact) mass is 351 g/mol. The Morgan fingerprint density at radius 3 is 2.76 bits per heavy atom. The molecule has 3 atom stereocenters. The van der Waals surface area contributed by atoms with E-state index in [1.165, 1.54) is 19.3 Å². The van der Waals surface area contributed by atoms with E-state index in [-0.39, 0.29) is 0 Å². The van der Waals surface area contributed by atoms with Crippen LogP contribution in [0.4, 0.5) is 0 Å². The van der Waals surface area contributed by atoms with Gasteiger partial charge < -0.3 is 0 Å². The summed E-state index contributed by atoms with van der Waals surface area (Å²) in [5.74, 6) is 1.56. The van der Waals surface area contributed by atoms with Crippen LogP contribution in [-0.2, 0) is 0 Å². The van der Waals surface area contributed by atoms with Gasteiger partial charge in [0.05, 0.1) is 16.1 Å². The number of fused-ring (bicyclic) bond motifs is 3. The lowest BCUT2D eigenvalue weighted by atomic mass is 9.85. The average molecular weight is 352 g/mol. The van der Waals surface area contributed by atoms with E-state index < -0.39 is 0 Å².